The Morgan fingerprint density at radius 3 is 2.53 bits per heavy atom. The van der Waals surface area contributed by atoms with Crippen LogP contribution in [0, 0.1) is 6.92 Å². The molecule has 0 aliphatic carbocycles. The quantitative estimate of drug-likeness (QED) is 0.811. The summed E-state index contributed by atoms with van der Waals surface area (Å²) in [4.78, 5) is 13.6. The Hall–Kier alpha value is -1.62. The number of anilines is 1. The average molecular weight is 279 g/mol. The molecule has 104 valence electrons. The molecule has 5 heteroatoms. The van der Waals surface area contributed by atoms with E-state index in [1.165, 1.54) is 5.56 Å². The largest absolute Gasteiger partial charge is 0.363 e. The Morgan fingerprint density at radius 1 is 1.32 bits per heavy atom. The minimum atomic E-state index is -0.0769. The minimum absolute atomic E-state index is 0.0769. The molecule has 1 amide bonds. The summed E-state index contributed by atoms with van der Waals surface area (Å²) in [5.41, 5.74) is 1.97. The Labute approximate surface area is 120 Å². The molecule has 0 saturated heterocycles. The lowest BCUT2D eigenvalue weighted by Crippen LogP contribution is -2.41. The highest BCUT2D eigenvalue weighted by Crippen LogP contribution is 2.08. The maximum atomic E-state index is 11.8. The summed E-state index contributed by atoms with van der Waals surface area (Å²) >= 11 is 5.18. The first-order valence-corrected chi connectivity index (χ1v) is 6.79. The van der Waals surface area contributed by atoms with Gasteiger partial charge in [0, 0.05) is 19.3 Å². The van der Waals surface area contributed by atoms with Gasteiger partial charge in [0.2, 0.25) is 5.91 Å². The van der Waals surface area contributed by atoms with Crippen molar-refractivity contribution in [1.29, 1.82) is 0 Å². The summed E-state index contributed by atoms with van der Waals surface area (Å²) < 4.78 is 0. The maximum Gasteiger partial charge on any atom is 0.243 e. The number of carbonyl (C=O) groups is 1. The highest BCUT2D eigenvalue weighted by atomic mass is 32.1. The van der Waals surface area contributed by atoms with Crippen molar-refractivity contribution < 1.29 is 4.79 Å². The SMILES string of the molecule is CCCNC(=S)N(C)CC(=O)Nc1ccc(C)cc1. The van der Waals surface area contributed by atoms with Crippen LogP contribution in [-0.4, -0.2) is 36.1 Å². The molecule has 1 aromatic carbocycles. The predicted molar refractivity (Wildman–Crippen MR) is 83.3 cm³/mol. The number of benzene rings is 1. The third-order valence-electron chi connectivity index (χ3n) is 2.59. The van der Waals surface area contributed by atoms with Gasteiger partial charge in [-0.15, -0.1) is 0 Å². The Kier molecular flexibility index (Phi) is 6.29. The van der Waals surface area contributed by atoms with E-state index in [-0.39, 0.29) is 12.5 Å². The van der Waals surface area contributed by atoms with Crippen molar-refractivity contribution in [3.05, 3.63) is 29.8 Å². The van der Waals surface area contributed by atoms with E-state index >= 15 is 0 Å². The molecule has 0 aromatic heterocycles. The monoisotopic (exact) mass is 279 g/mol. The summed E-state index contributed by atoms with van der Waals surface area (Å²) in [5.74, 6) is -0.0769. The van der Waals surface area contributed by atoms with Crippen molar-refractivity contribution in [2.45, 2.75) is 20.3 Å². The molecule has 0 saturated carbocycles. The zero-order valence-electron chi connectivity index (χ0n) is 11.7. The van der Waals surface area contributed by atoms with Gasteiger partial charge in [-0.2, -0.15) is 0 Å². The summed E-state index contributed by atoms with van der Waals surface area (Å²) in [5, 5.41) is 6.53. The maximum absolute atomic E-state index is 11.8. The van der Waals surface area contributed by atoms with Crippen molar-refractivity contribution in [3.8, 4) is 0 Å². The number of likely N-dealkylation sites (N-methyl/N-ethyl adjacent to an activating group) is 1. The molecule has 1 rings (SSSR count). The molecule has 1 aromatic rings. The molecular formula is C14H21N3OS. The number of hydrogen-bond acceptors (Lipinski definition) is 2. The van der Waals surface area contributed by atoms with Crippen LogP contribution in [0.15, 0.2) is 24.3 Å². The average Bonchev–Trinajstić information content (AvgIpc) is 2.38. The number of hydrogen-bond donors (Lipinski definition) is 2. The van der Waals surface area contributed by atoms with E-state index < -0.39 is 0 Å². The summed E-state index contributed by atoms with van der Waals surface area (Å²) in [7, 11) is 1.81. The number of thiocarbonyl (C=S) groups is 1. The van der Waals surface area contributed by atoms with Gasteiger partial charge < -0.3 is 15.5 Å². The molecule has 0 spiro atoms. The lowest BCUT2D eigenvalue weighted by molar-refractivity contribution is -0.116. The first kappa shape index (κ1) is 15.4. The van der Waals surface area contributed by atoms with E-state index in [9.17, 15) is 4.79 Å². The first-order chi connectivity index (χ1) is 9.02. The molecule has 0 radical (unpaired) electrons. The number of amides is 1. The van der Waals surface area contributed by atoms with Crippen LogP contribution >= 0.6 is 12.2 Å². The molecule has 19 heavy (non-hydrogen) atoms. The van der Waals surface area contributed by atoms with Crippen LogP contribution in [0.2, 0.25) is 0 Å². The van der Waals surface area contributed by atoms with E-state index in [4.69, 9.17) is 12.2 Å². The fraction of sp³-hybridized carbons (Fsp3) is 0.429. The second kappa shape index (κ2) is 7.74. The summed E-state index contributed by atoms with van der Waals surface area (Å²) in [6.45, 7) is 5.14. The van der Waals surface area contributed by atoms with Crippen molar-refractivity contribution in [2.24, 2.45) is 0 Å². The van der Waals surface area contributed by atoms with E-state index in [1.54, 1.807) is 11.9 Å². The molecule has 0 fully saturated rings. The Bertz CT molecular complexity index is 431. The van der Waals surface area contributed by atoms with Crippen LogP contribution < -0.4 is 10.6 Å². The van der Waals surface area contributed by atoms with Gasteiger partial charge in [-0.1, -0.05) is 24.6 Å². The van der Waals surface area contributed by atoms with Crippen molar-refractivity contribution in [3.63, 3.8) is 0 Å². The molecule has 0 unspecified atom stereocenters. The van der Waals surface area contributed by atoms with Crippen LogP contribution in [0.3, 0.4) is 0 Å². The predicted octanol–water partition coefficient (Wildman–Crippen LogP) is 2.15. The molecule has 0 aliphatic rings. The van der Waals surface area contributed by atoms with E-state index in [0.717, 1.165) is 18.7 Å². The van der Waals surface area contributed by atoms with Gasteiger partial charge in [0.25, 0.3) is 0 Å². The first-order valence-electron chi connectivity index (χ1n) is 6.38. The zero-order valence-corrected chi connectivity index (χ0v) is 12.5. The number of carbonyl (C=O) groups excluding carboxylic acids is 1. The van der Waals surface area contributed by atoms with Crippen molar-refractivity contribution >= 4 is 28.9 Å². The fourth-order valence-electron chi connectivity index (χ4n) is 1.49. The van der Waals surface area contributed by atoms with Crippen LogP contribution in [0.4, 0.5) is 5.69 Å². The Morgan fingerprint density at radius 2 is 1.95 bits per heavy atom. The summed E-state index contributed by atoms with van der Waals surface area (Å²) in [6.07, 6.45) is 1.00. The molecule has 2 N–H and O–H groups in total. The van der Waals surface area contributed by atoms with Gasteiger partial charge in [-0.25, -0.2) is 0 Å². The minimum Gasteiger partial charge on any atom is -0.363 e. The number of aryl methyl sites for hydroxylation is 1. The second-order valence-corrected chi connectivity index (χ2v) is 4.89. The lowest BCUT2D eigenvalue weighted by Gasteiger charge is -2.20. The molecule has 0 aliphatic heterocycles. The molecule has 0 heterocycles. The van der Waals surface area contributed by atoms with Gasteiger partial charge in [0.15, 0.2) is 5.11 Å². The molecule has 0 atom stereocenters. The number of nitrogens with zero attached hydrogens (tertiary/aromatic N) is 1. The van der Waals surface area contributed by atoms with Crippen LogP contribution in [0.1, 0.15) is 18.9 Å². The number of rotatable bonds is 5. The zero-order chi connectivity index (χ0) is 14.3. The Balaban J connectivity index is 2.42. The van der Waals surface area contributed by atoms with Gasteiger partial charge in [0.05, 0.1) is 6.54 Å². The van der Waals surface area contributed by atoms with Gasteiger partial charge in [-0.3, -0.25) is 4.79 Å². The van der Waals surface area contributed by atoms with Crippen molar-refractivity contribution in [1.82, 2.24) is 10.2 Å². The standard InChI is InChI=1S/C14H21N3OS/c1-4-9-15-14(19)17(3)10-13(18)16-12-7-5-11(2)6-8-12/h5-8H,4,9-10H2,1-3H3,(H,15,19)(H,16,18). The smallest absolute Gasteiger partial charge is 0.243 e. The van der Waals surface area contributed by atoms with Crippen molar-refractivity contribution in [2.75, 3.05) is 25.5 Å². The molecule has 0 bridgehead atoms. The molecule has 4 nitrogen and oxygen atoms in total. The lowest BCUT2D eigenvalue weighted by atomic mass is 10.2. The van der Waals surface area contributed by atoms with Gasteiger partial charge in [0.1, 0.15) is 0 Å². The molecular weight excluding hydrogens is 258 g/mol. The van der Waals surface area contributed by atoms with Crippen LogP contribution in [0.5, 0.6) is 0 Å². The highest BCUT2D eigenvalue weighted by molar-refractivity contribution is 7.80. The van der Waals surface area contributed by atoms with E-state index in [2.05, 4.69) is 17.6 Å². The highest BCUT2D eigenvalue weighted by Gasteiger charge is 2.09. The van der Waals surface area contributed by atoms with Crippen LogP contribution in [0.25, 0.3) is 0 Å². The third-order valence-corrected chi connectivity index (χ3v) is 3.05. The summed E-state index contributed by atoms with van der Waals surface area (Å²) in [6, 6.07) is 7.71. The second-order valence-electron chi connectivity index (χ2n) is 4.50. The number of nitrogens with one attached hydrogen (secondary N) is 2. The fourth-order valence-corrected chi connectivity index (χ4v) is 1.66. The normalized spacial score (nSPS) is 9.84. The van der Waals surface area contributed by atoms with Gasteiger partial charge in [-0.05, 0) is 37.7 Å². The van der Waals surface area contributed by atoms with Gasteiger partial charge >= 0.3 is 0 Å². The third kappa shape index (κ3) is 5.70. The van der Waals surface area contributed by atoms with Crippen LogP contribution in [-0.2, 0) is 4.79 Å². The van der Waals surface area contributed by atoms with E-state index in [0.29, 0.717) is 5.11 Å². The topological polar surface area (TPSA) is 44.4 Å². The van der Waals surface area contributed by atoms with E-state index in [1.807, 2.05) is 31.2 Å².